The number of halogens is 2. The molecule has 0 saturated heterocycles. The van der Waals surface area contributed by atoms with Gasteiger partial charge >= 0.3 is 0 Å². The van der Waals surface area contributed by atoms with Crippen LogP contribution in [0.1, 0.15) is 23.1 Å². The number of nitrogens with two attached hydrogens (primary N) is 1. The molecule has 2 aromatic heterocycles. The lowest BCUT2D eigenvalue weighted by molar-refractivity contribution is -0.124. The number of hydrogen-bond donors (Lipinski definition) is 3. The third kappa shape index (κ3) is 3.83. The van der Waals surface area contributed by atoms with Crippen molar-refractivity contribution in [1.29, 1.82) is 0 Å². The van der Waals surface area contributed by atoms with E-state index in [1.807, 2.05) is 13.8 Å². The molecule has 1 atom stereocenters. The Hall–Kier alpha value is -3.49. The van der Waals surface area contributed by atoms with E-state index < -0.39 is 17.8 Å². The number of aryl methyl sites for hydroxylation is 2. The first-order valence-electron chi connectivity index (χ1n) is 9.40. The van der Waals surface area contributed by atoms with Crippen LogP contribution in [0, 0.1) is 19.7 Å². The summed E-state index contributed by atoms with van der Waals surface area (Å²) in [5, 5.41) is 13.3. The van der Waals surface area contributed by atoms with Crippen molar-refractivity contribution in [2.75, 3.05) is 11.1 Å². The van der Waals surface area contributed by atoms with E-state index in [2.05, 4.69) is 15.3 Å². The van der Waals surface area contributed by atoms with E-state index in [-0.39, 0.29) is 5.56 Å². The average molecular weight is 440 g/mol. The van der Waals surface area contributed by atoms with Gasteiger partial charge in [0.2, 0.25) is 0 Å². The number of hydrogen-bond acceptors (Lipinski definition) is 5. The minimum absolute atomic E-state index is 0.172. The maximum Gasteiger partial charge on any atom is 0.257 e. The van der Waals surface area contributed by atoms with Crippen molar-refractivity contribution < 1.29 is 14.3 Å². The van der Waals surface area contributed by atoms with E-state index >= 15 is 0 Å². The molecule has 4 rings (SSSR count). The molecule has 4 aromatic rings. The Morgan fingerprint density at radius 3 is 2.74 bits per heavy atom. The molecule has 0 aliphatic rings. The number of anilines is 2. The molecule has 9 heteroatoms. The summed E-state index contributed by atoms with van der Waals surface area (Å²) in [6, 6.07) is 10.5. The molecule has 31 heavy (non-hydrogen) atoms. The predicted octanol–water partition coefficient (Wildman–Crippen LogP) is 4.06. The maximum absolute atomic E-state index is 13.4. The number of nitrogen functional groups attached to an aromatic ring is 1. The van der Waals surface area contributed by atoms with Crippen molar-refractivity contribution in [2.24, 2.45) is 0 Å². The Bertz CT molecular complexity index is 1320. The quantitative estimate of drug-likeness (QED) is 0.444. The zero-order valence-electron chi connectivity index (χ0n) is 16.7. The lowest BCUT2D eigenvalue weighted by Gasteiger charge is -2.13. The summed E-state index contributed by atoms with van der Waals surface area (Å²) in [5.74, 6) is -0.226. The first kappa shape index (κ1) is 20.8. The highest BCUT2D eigenvalue weighted by Crippen LogP contribution is 2.33. The Morgan fingerprint density at radius 1 is 1.26 bits per heavy atom. The van der Waals surface area contributed by atoms with Crippen LogP contribution in [0.5, 0.6) is 0 Å². The monoisotopic (exact) mass is 439 g/mol. The van der Waals surface area contributed by atoms with Gasteiger partial charge in [0.15, 0.2) is 6.10 Å². The second-order valence-corrected chi connectivity index (χ2v) is 7.52. The molecule has 0 spiro atoms. The van der Waals surface area contributed by atoms with E-state index in [0.29, 0.717) is 33.7 Å². The van der Waals surface area contributed by atoms with Crippen LogP contribution in [0.4, 0.5) is 15.9 Å². The van der Waals surface area contributed by atoms with Gasteiger partial charge < -0.3 is 16.2 Å². The van der Waals surface area contributed by atoms with Crippen LogP contribution in [0.15, 0.2) is 48.7 Å². The maximum atomic E-state index is 13.4. The Kier molecular flexibility index (Phi) is 5.34. The van der Waals surface area contributed by atoms with E-state index in [1.54, 1.807) is 22.6 Å². The van der Waals surface area contributed by atoms with Gasteiger partial charge in [-0.3, -0.25) is 9.20 Å². The molecule has 1 amide bonds. The zero-order chi connectivity index (χ0) is 22.3. The Balaban J connectivity index is 1.65. The number of aromatic nitrogens is 3. The standard InChI is InChI=1S/C22H19ClFN5O2/c1-11-8-15(28-22(31)20(30)13-4-3-5-14(24)9-13)6-7-16(11)18-19-21(25)26-10-17(23)29(19)12(2)27-18/h3-10,20,30H,1-2H3,(H2,25,26)(H,28,31). The SMILES string of the molecule is Cc1cc(NC(=O)C(O)c2cccc(F)c2)ccc1-c1nc(C)n2c(Cl)cnc(N)c12. The highest BCUT2D eigenvalue weighted by atomic mass is 35.5. The average Bonchev–Trinajstić information content (AvgIpc) is 3.08. The molecule has 2 aromatic carbocycles. The number of benzene rings is 2. The van der Waals surface area contributed by atoms with Gasteiger partial charge in [0.1, 0.15) is 33.8 Å². The molecule has 2 heterocycles. The van der Waals surface area contributed by atoms with Crippen LogP contribution in [0.3, 0.4) is 0 Å². The van der Waals surface area contributed by atoms with Crippen molar-refractivity contribution in [3.63, 3.8) is 0 Å². The number of nitrogens with zero attached hydrogens (tertiary/aromatic N) is 3. The number of aliphatic hydroxyl groups excluding tert-OH is 1. The van der Waals surface area contributed by atoms with Gasteiger partial charge in [-0.1, -0.05) is 29.8 Å². The molecule has 4 N–H and O–H groups in total. The normalized spacial score (nSPS) is 12.2. The number of rotatable bonds is 4. The molecular weight excluding hydrogens is 421 g/mol. The molecule has 1 unspecified atom stereocenters. The van der Waals surface area contributed by atoms with Gasteiger partial charge in [0.05, 0.1) is 6.20 Å². The first-order chi connectivity index (χ1) is 14.8. The highest BCUT2D eigenvalue weighted by Gasteiger charge is 2.20. The first-order valence-corrected chi connectivity index (χ1v) is 9.78. The summed E-state index contributed by atoms with van der Waals surface area (Å²) in [7, 11) is 0. The van der Waals surface area contributed by atoms with Crippen LogP contribution in [-0.4, -0.2) is 25.4 Å². The number of aliphatic hydroxyl groups is 1. The molecule has 0 bridgehead atoms. The van der Waals surface area contributed by atoms with Crippen LogP contribution in [0.25, 0.3) is 16.8 Å². The molecule has 0 fully saturated rings. The van der Waals surface area contributed by atoms with Gasteiger partial charge in [0, 0.05) is 11.3 Å². The van der Waals surface area contributed by atoms with Crippen molar-refractivity contribution in [2.45, 2.75) is 20.0 Å². The smallest absolute Gasteiger partial charge is 0.257 e. The van der Waals surface area contributed by atoms with E-state index in [0.717, 1.165) is 17.2 Å². The van der Waals surface area contributed by atoms with Crippen LogP contribution in [-0.2, 0) is 4.79 Å². The molecular formula is C22H19ClFN5O2. The largest absolute Gasteiger partial charge is 0.382 e. The number of carbonyl (C=O) groups excluding carboxylic acids is 1. The Morgan fingerprint density at radius 2 is 2.03 bits per heavy atom. The second-order valence-electron chi connectivity index (χ2n) is 7.13. The van der Waals surface area contributed by atoms with Crippen LogP contribution in [0.2, 0.25) is 5.15 Å². The third-order valence-corrected chi connectivity index (χ3v) is 5.24. The minimum atomic E-state index is -1.50. The predicted molar refractivity (Wildman–Crippen MR) is 117 cm³/mol. The third-order valence-electron chi connectivity index (χ3n) is 4.97. The molecule has 0 saturated carbocycles. The number of fused-ring (bicyclic) bond motifs is 1. The summed E-state index contributed by atoms with van der Waals surface area (Å²) < 4.78 is 15.1. The zero-order valence-corrected chi connectivity index (χ0v) is 17.5. The van der Waals surface area contributed by atoms with Crippen molar-refractivity contribution in [3.05, 3.63) is 76.6 Å². The summed E-state index contributed by atoms with van der Waals surface area (Å²) in [6.45, 7) is 3.68. The summed E-state index contributed by atoms with van der Waals surface area (Å²) in [4.78, 5) is 21.1. The molecule has 158 valence electrons. The lowest BCUT2D eigenvalue weighted by Crippen LogP contribution is -2.21. The lowest BCUT2D eigenvalue weighted by atomic mass is 10.0. The second kappa shape index (κ2) is 7.98. The van der Waals surface area contributed by atoms with Crippen molar-refractivity contribution >= 4 is 34.5 Å². The fourth-order valence-corrected chi connectivity index (χ4v) is 3.76. The Labute approximate surface area is 182 Å². The molecule has 0 aliphatic carbocycles. The van der Waals surface area contributed by atoms with Gasteiger partial charge in [0.25, 0.3) is 5.91 Å². The summed E-state index contributed by atoms with van der Waals surface area (Å²) in [6.07, 6.45) is -0.0268. The van der Waals surface area contributed by atoms with Gasteiger partial charge in [-0.25, -0.2) is 14.4 Å². The number of nitrogens with one attached hydrogen (secondary N) is 1. The fourth-order valence-electron chi connectivity index (χ4n) is 3.50. The van der Waals surface area contributed by atoms with E-state index in [1.165, 1.54) is 24.4 Å². The van der Waals surface area contributed by atoms with Crippen LogP contribution >= 0.6 is 11.6 Å². The van der Waals surface area contributed by atoms with Crippen molar-refractivity contribution in [1.82, 2.24) is 14.4 Å². The van der Waals surface area contributed by atoms with Crippen LogP contribution < -0.4 is 11.1 Å². The number of carbonyl (C=O) groups is 1. The van der Waals surface area contributed by atoms with E-state index in [9.17, 15) is 14.3 Å². The van der Waals surface area contributed by atoms with Gasteiger partial charge in [-0.05, 0) is 49.2 Å². The highest BCUT2D eigenvalue weighted by molar-refractivity contribution is 6.29. The summed E-state index contributed by atoms with van der Waals surface area (Å²) in [5.41, 5.74) is 9.57. The fraction of sp³-hybridized carbons (Fsp3) is 0.136. The topological polar surface area (TPSA) is 106 Å². The van der Waals surface area contributed by atoms with Gasteiger partial charge in [-0.2, -0.15) is 0 Å². The molecule has 0 radical (unpaired) electrons. The summed E-state index contributed by atoms with van der Waals surface area (Å²) >= 11 is 6.26. The number of imidazole rings is 1. The van der Waals surface area contributed by atoms with Gasteiger partial charge in [-0.15, -0.1) is 0 Å². The molecule has 0 aliphatic heterocycles. The molecule has 7 nitrogen and oxygen atoms in total. The van der Waals surface area contributed by atoms with E-state index in [4.69, 9.17) is 17.3 Å². The van der Waals surface area contributed by atoms with Crippen molar-refractivity contribution in [3.8, 4) is 11.3 Å². The number of amides is 1. The minimum Gasteiger partial charge on any atom is -0.382 e.